The highest BCUT2D eigenvalue weighted by molar-refractivity contribution is 7.81. The van der Waals surface area contributed by atoms with Gasteiger partial charge in [-0.15, -0.1) is 0 Å². The Balaban J connectivity index is 2.81. The van der Waals surface area contributed by atoms with E-state index in [0.717, 1.165) is 0 Å². The van der Waals surface area contributed by atoms with Crippen molar-refractivity contribution in [2.75, 3.05) is 5.32 Å². The van der Waals surface area contributed by atoms with E-state index in [9.17, 15) is 4.79 Å². The summed E-state index contributed by atoms with van der Waals surface area (Å²) in [6, 6.07) is 5.10. The molecule has 0 saturated carbocycles. The van der Waals surface area contributed by atoms with Gasteiger partial charge in [0.25, 0.3) is 0 Å². The number of amides is 1. The summed E-state index contributed by atoms with van der Waals surface area (Å²) < 4.78 is 0. The van der Waals surface area contributed by atoms with E-state index in [-0.39, 0.29) is 17.1 Å². The summed E-state index contributed by atoms with van der Waals surface area (Å²) >= 11 is 16.0. The molecule has 1 aromatic carbocycles. The van der Waals surface area contributed by atoms with Crippen molar-refractivity contribution < 1.29 is 4.79 Å². The van der Waals surface area contributed by atoms with E-state index < -0.39 is 0 Å². The number of anilines is 1. The number of carbonyl (C=O) groups is 1. The summed E-state index contributed by atoms with van der Waals surface area (Å²) in [5.74, 6) is -0.0243. The maximum atomic E-state index is 11.7. The van der Waals surface area contributed by atoms with Crippen molar-refractivity contribution in [3.63, 3.8) is 0 Å². The highest BCUT2D eigenvalue weighted by Crippen LogP contribution is 2.29. The SMILES string of the molecule is CC(C)C(S)C(=O)Nc1cccc(Cl)c1Cl. The Kier molecular flexibility index (Phi) is 4.96. The molecule has 1 aromatic rings. The Morgan fingerprint density at radius 2 is 2.00 bits per heavy atom. The van der Waals surface area contributed by atoms with Gasteiger partial charge >= 0.3 is 0 Å². The Morgan fingerprint density at radius 1 is 1.38 bits per heavy atom. The van der Waals surface area contributed by atoms with Crippen LogP contribution in [0.5, 0.6) is 0 Å². The van der Waals surface area contributed by atoms with Crippen LogP contribution in [0.4, 0.5) is 5.69 Å². The number of hydrogen-bond acceptors (Lipinski definition) is 2. The average molecular weight is 278 g/mol. The third-order valence-electron chi connectivity index (χ3n) is 2.11. The van der Waals surface area contributed by atoms with Crippen molar-refractivity contribution in [2.45, 2.75) is 19.1 Å². The second-order valence-electron chi connectivity index (χ2n) is 3.78. The minimum Gasteiger partial charge on any atom is -0.324 e. The smallest absolute Gasteiger partial charge is 0.237 e. The molecule has 0 fully saturated rings. The molecule has 1 rings (SSSR count). The first-order chi connectivity index (χ1) is 7.43. The third kappa shape index (κ3) is 3.30. The summed E-state index contributed by atoms with van der Waals surface area (Å²) in [5, 5.41) is 3.10. The summed E-state index contributed by atoms with van der Waals surface area (Å²) in [4.78, 5) is 11.7. The van der Waals surface area contributed by atoms with E-state index in [1.54, 1.807) is 18.2 Å². The number of rotatable bonds is 3. The molecule has 0 saturated heterocycles. The van der Waals surface area contributed by atoms with E-state index in [1.165, 1.54) is 0 Å². The number of halogens is 2. The van der Waals surface area contributed by atoms with Crippen LogP contribution in [0.2, 0.25) is 10.0 Å². The van der Waals surface area contributed by atoms with Gasteiger partial charge < -0.3 is 5.32 Å². The molecule has 5 heteroatoms. The van der Waals surface area contributed by atoms with E-state index in [1.807, 2.05) is 13.8 Å². The molecular weight excluding hydrogens is 265 g/mol. The van der Waals surface area contributed by atoms with Crippen LogP contribution in [-0.4, -0.2) is 11.2 Å². The fraction of sp³-hybridized carbons (Fsp3) is 0.364. The highest BCUT2D eigenvalue weighted by Gasteiger charge is 2.18. The van der Waals surface area contributed by atoms with Crippen LogP contribution >= 0.6 is 35.8 Å². The fourth-order valence-corrected chi connectivity index (χ4v) is 1.52. The maximum Gasteiger partial charge on any atom is 0.237 e. The predicted octanol–water partition coefficient (Wildman–Crippen LogP) is 3.89. The zero-order valence-corrected chi connectivity index (χ0v) is 11.4. The second-order valence-corrected chi connectivity index (χ2v) is 5.12. The quantitative estimate of drug-likeness (QED) is 0.807. The molecule has 0 spiro atoms. The number of carbonyl (C=O) groups excluding carboxylic acids is 1. The Labute approximate surface area is 111 Å². The molecule has 1 amide bonds. The molecule has 0 aliphatic rings. The zero-order valence-electron chi connectivity index (χ0n) is 9.00. The zero-order chi connectivity index (χ0) is 12.3. The number of hydrogen-bond donors (Lipinski definition) is 2. The summed E-state index contributed by atoms with van der Waals surface area (Å²) in [7, 11) is 0. The van der Waals surface area contributed by atoms with Gasteiger partial charge in [0.15, 0.2) is 0 Å². The molecule has 88 valence electrons. The average Bonchev–Trinajstić information content (AvgIpc) is 2.23. The van der Waals surface area contributed by atoms with Crippen LogP contribution in [0.15, 0.2) is 18.2 Å². The van der Waals surface area contributed by atoms with Crippen molar-refractivity contribution in [3.8, 4) is 0 Å². The van der Waals surface area contributed by atoms with Gasteiger partial charge in [-0.25, -0.2) is 0 Å². The minimum atomic E-state index is -0.366. The van der Waals surface area contributed by atoms with E-state index in [0.29, 0.717) is 15.7 Å². The number of nitrogens with one attached hydrogen (secondary N) is 1. The van der Waals surface area contributed by atoms with Crippen LogP contribution in [0.1, 0.15) is 13.8 Å². The summed E-state index contributed by atoms with van der Waals surface area (Å²) in [6.07, 6.45) is 0. The Bertz CT molecular complexity index is 396. The molecule has 0 heterocycles. The summed E-state index contributed by atoms with van der Waals surface area (Å²) in [6.45, 7) is 3.85. The first-order valence-corrected chi connectivity index (χ1v) is 6.13. The van der Waals surface area contributed by atoms with Crippen molar-refractivity contribution in [2.24, 2.45) is 5.92 Å². The second kappa shape index (κ2) is 5.80. The van der Waals surface area contributed by atoms with E-state index in [4.69, 9.17) is 23.2 Å². The van der Waals surface area contributed by atoms with Crippen molar-refractivity contribution in [3.05, 3.63) is 28.2 Å². The van der Waals surface area contributed by atoms with Crippen LogP contribution in [0.25, 0.3) is 0 Å². The lowest BCUT2D eigenvalue weighted by Crippen LogP contribution is -2.27. The minimum absolute atomic E-state index is 0.154. The van der Waals surface area contributed by atoms with Gasteiger partial charge in [-0.05, 0) is 18.1 Å². The van der Waals surface area contributed by atoms with Crippen molar-refractivity contribution in [1.82, 2.24) is 0 Å². The molecule has 1 unspecified atom stereocenters. The molecule has 16 heavy (non-hydrogen) atoms. The monoisotopic (exact) mass is 277 g/mol. The number of thiol groups is 1. The Morgan fingerprint density at radius 3 is 2.56 bits per heavy atom. The van der Waals surface area contributed by atoms with Gasteiger partial charge in [-0.2, -0.15) is 12.6 Å². The van der Waals surface area contributed by atoms with Gasteiger partial charge in [-0.1, -0.05) is 43.1 Å². The normalized spacial score (nSPS) is 12.6. The number of benzene rings is 1. The lowest BCUT2D eigenvalue weighted by Gasteiger charge is -2.15. The van der Waals surface area contributed by atoms with Crippen molar-refractivity contribution in [1.29, 1.82) is 0 Å². The molecular formula is C11H13Cl2NOS. The van der Waals surface area contributed by atoms with Crippen LogP contribution in [-0.2, 0) is 4.79 Å². The first-order valence-electron chi connectivity index (χ1n) is 4.86. The van der Waals surface area contributed by atoms with Gasteiger partial charge in [0.05, 0.1) is 21.0 Å². The standard InChI is InChI=1S/C11H13Cl2NOS/c1-6(2)10(16)11(15)14-8-5-3-4-7(12)9(8)13/h3-6,10,16H,1-2H3,(H,14,15). The van der Waals surface area contributed by atoms with Crippen LogP contribution in [0.3, 0.4) is 0 Å². The van der Waals surface area contributed by atoms with Gasteiger partial charge in [0.1, 0.15) is 0 Å². The lowest BCUT2D eigenvalue weighted by atomic mass is 10.1. The molecule has 0 bridgehead atoms. The molecule has 1 N–H and O–H groups in total. The third-order valence-corrected chi connectivity index (χ3v) is 3.76. The van der Waals surface area contributed by atoms with E-state index >= 15 is 0 Å². The summed E-state index contributed by atoms with van der Waals surface area (Å²) in [5.41, 5.74) is 0.513. The fourth-order valence-electron chi connectivity index (χ4n) is 1.11. The first kappa shape index (κ1) is 13.7. The highest BCUT2D eigenvalue weighted by atomic mass is 35.5. The lowest BCUT2D eigenvalue weighted by molar-refractivity contribution is -0.116. The Hall–Kier alpha value is -0.380. The molecule has 0 aromatic heterocycles. The van der Waals surface area contributed by atoms with Gasteiger partial charge in [0.2, 0.25) is 5.91 Å². The van der Waals surface area contributed by atoms with Gasteiger partial charge in [0, 0.05) is 0 Å². The molecule has 0 aliphatic heterocycles. The molecule has 2 nitrogen and oxygen atoms in total. The predicted molar refractivity (Wildman–Crippen MR) is 72.7 cm³/mol. The van der Waals surface area contributed by atoms with Crippen LogP contribution in [0, 0.1) is 5.92 Å². The topological polar surface area (TPSA) is 29.1 Å². The van der Waals surface area contributed by atoms with E-state index in [2.05, 4.69) is 17.9 Å². The largest absolute Gasteiger partial charge is 0.324 e. The van der Waals surface area contributed by atoms with Crippen LogP contribution < -0.4 is 5.32 Å². The molecule has 1 atom stereocenters. The molecule has 0 aliphatic carbocycles. The van der Waals surface area contributed by atoms with Crippen molar-refractivity contribution >= 4 is 47.4 Å². The maximum absolute atomic E-state index is 11.7. The van der Waals surface area contributed by atoms with Gasteiger partial charge in [-0.3, -0.25) is 4.79 Å². The molecule has 0 radical (unpaired) electrons.